The number of aryl methyl sites for hydroxylation is 1. The van der Waals surface area contributed by atoms with Crippen LogP contribution in [0.3, 0.4) is 0 Å². The molecule has 1 heterocycles. The normalized spacial score (nSPS) is 14.0. The van der Waals surface area contributed by atoms with Crippen LogP contribution < -0.4 is 4.40 Å². The standard InChI is InChI=1S/C21H23GeN/c1-16-15-23-21(18-8-6-5-7-9-18)14-20(16)17-10-12-19(13-11-17)22(2,3)4/h5-15H,1-4H3/i1D3. The summed E-state index contributed by atoms with van der Waals surface area (Å²) in [6.07, 6.45) is 1.50. The first kappa shape index (κ1) is 12.5. The summed E-state index contributed by atoms with van der Waals surface area (Å²) in [5.74, 6) is 7.05. The average Bonchev–Trinajstić information content (AvgIpc) is 2.60. The fourth-order valence-corrected chi connectivity index (χ4v) is 5.06. The third kappa shape index (κ3) is 3.56. The molecule has 3 aromatic rings. The first-order valence-corrected chi connectivity index (χ1v) is 15.2. The molecule has 0 saturated carbocycles. The van der Waals surface area contributed by atoms with Gasteiger partial charge in [0.05, 0.1) is 0 Å². The first-order chi connectivity index (χ1) is 12.2. The van der Waals surface area contributed by atoms with Crippen molar-refractivity contribution < 1.29 is 4.11 Å². The van der Waals surface area contributed by atoms with Gasteiger partial charge in [0, 0.05) is 0 Å². The summed E-state index contributed by atoms with van der Waals surface area (Å²) in [7, 11) is 0. The van der Waals surface area contributed by atoms with Crippen LogP contribution in [0.1, 0.15) is 9.68 Å². The third-order valence-electron chi connectivity index (χ3n) is 4.04. The molecule has 0 spiro atoms. The number of rotatable bonds is 3. The van der Waals surface area contributed by atoms with Crippen LogP contribution in [0.15, 0.2) is 66.9 Å². The van der Waals surface area contributed by atoms with Gasteiger partial charge in [-0.05, 0) is 0 Å². The van der Waals surface area contributed by atoms with Crippen molar-refractivity contribution in [1.82, 2.24) is 4.98 Å². The molecule has 0 aliphatic heterocycles. The Balaban J connectivity index is 2.14. The van der Waals surface area contributed by atoms with E-state index in [1.165, 1.54) is 10.6 Å². The molecule has 0 N–H and O–H groups in total. The second-order valence-electron chi connectivity index (χ2n) is 6.81. The van der Waals surface area contributed by atoms with Crippen molar-refractivity contribution >= 4 is 17.7 Å². The molecule has 2 aromatic carbocycles. The molecule has 3 rings (SSSR count). The van der Waals surface area contributed by atoms with Gasteiger partial charge in [-0.3, -0.25) is 0 Å². The summed E-state index contributed by atoms with van der Waals surface area (Å²) < 4.78 is 25.1. The van der Waals surface area contributed by atoms with Crippen molar-refractivity contribution in [2.45, 2.75) is 24.1 Å². The van der Waals surface area contributed by atoms with Crippen LogP contribution >= 0.6 is 0 Å². The van der Waals surface area contributed by atoms with E-state index in [0.29, 0.717) is 5.56 Å². The SMILES string of the molecule is [2H]C([2H])([2H])c1cnc(-c2ccccc2)cc1-c1cc[c]([Ge]([CH3])([CH3])[CH3])cc1. The molecule has 0 saturated heterocycles. The van der Waals surface area contributed by atoms with Crippen LogP contribution in [0.4, 0.5) is 0 Å². The van der Waals surface area contributed by atoms with Gasteiger partial charge >= 0.3 is 146 Å². The van der Waals surface area contributed by atoms with E-state index in [-0.39, 0.29) is 0 Å². The Labute approximate surface area is 146 Å². The number of aromatic nitrogens is 1. The molecule has 0 aliphatic rings. The summed E-state index contributed by atoms with van der Waals surface area (Å²) in [6, 6.07) is 20.1. The molecule has 0 radical (unpaired) electrons. The molecule has 0 atom stereocenters. The van der Waals surface area contributed by atoms with E-state index in [0.717, 1.165) is 22.4 Å². The van der Waals surface area contributed by atoms with Crippen molar-refractivity contribution in [2.24, 2.45) is 0 Å². The van der Waals surface area contributed by atoms with Crippen LogP contribution in [0.2, 0.25) is 17.3 Å². The molecule has 23 heavy (non-hydrogen) atoms. The maximum absolute atomic E-state index is 7.88. The van der Waals surface area contributed by atoms with Crippen LogP contribution in [0, 0.1) is 6.85 Å². The zero-order chi connectivity index (χ0) is 18.9. The van der Waals surface area contributed by atoms with Crippen molar-refractivity contribution in [1.29, 1.82) is 0 Å². The minimum atomic E-state index is -2.20. The van der Waals surface area contributed by atoms with Gasteiger partial charge in [0.1, 0.15) is 0 Å². The van der Waals surface area contributed by atoms with E-state index < -0.39 is 20.1 Å². The molecule has 1 nitrogen and oxygen atoms in total. The molecule has 116 valence electrons. The van der Waals surface area contributed by atoms with Crippen molar-refractivity contribution in [3.63, 3.8) is 0 Å². The summed E-state index contributed by atoms with van der Waals surface area (Å²) in [5.41, 5.74) is 3.71. The van der Waals surface area contributed by atoms with Crippen molar-refractivity contribution in [2.75, 3.05) is 0 Å². The van der Waals surface area contributed by atoms with E-state index in [9.17, 15) is 0 Å². The van der Waals surface area contributed by atoms with Gasteiger partial charge in [0.15, 0.2) is 0 Å². The van der Waals surface area contributed by atoms with Crippen molar-refractivity contribution in [3.05, 3.63) is 72.4 Å². The molecule has 2 heteroatoms. The molecular weight excluding hydrogens is 339 g/mol. The summed E-state index contributed by atoms with van der Waals surface area (Å²) in [5, 5.41) is 0. The Morgan fingerprint density at radius 1 is 0.870 bits per heavy atom. The summed E-state index contributed by atoms with van der Waals surface area (Å²) in [6.45, 7) is -2.20. The maximum atomic E-state index is 7.88. The number of benzene rings is 2. The zero-order valence-electron chi connectivity index (χ0n) is 16.8. The number of hydrogen-bond donors (Lipinski definition) is 0. The fraction of sp³-hybridized carbons (Fsp3) is 0.190. The second kappa shape index (κ2) is 6.33. The Morgan fingerprint density at radius 2 is 1.57 bits per heavy atom. The Morgan fingerprint density at radius 3 is 2.17 bits per heavy atom. The molecule has 0 aliphatic carbocycles. The quantitative estimate of drug-likeness (QED) is 0.577. The summed E-state index contributed by atoms with van der Waals surface area (Å²) in [4.78, 5) is 4.41. The van der Waals surface area contributed by atoms with Crippen molar-refractivity contribution in [3.8, 4) is 22.4 Å². The molecular formula is C21H23GeN. The van der Waals surface area contributed by atoms with Gasteiger partial charge in [-0.15, -0.1) is 0 Å². The molecule has 0 fully saturated rings. The van der Waals surface area contributed by atoms with E-state index in [1.54, 1.807) is 0 Å². The van der Waals surface area contributed by atoms with Crippen LogP contribution in [0.25, 0.3) is 22.4 Å². The van der Waals surface area contributed by atoms with Gasteiger partial charge in [-0.2, -0.15) is 0 Å². The predicted molar refractivity (Wildman–Crippen MR) is 103 cm³/mol. The van der Waals surface area contributed by atoms with Crippen LogP contribution in [0.5, 0.6) is 0 Å². The molecule has 0 amide bonds. The van der Waals surface area contributed by atoms with Gasteiger partial charge in [-0.1, -0.05) is 0 Å². The molecule has 0 bridgehead atoms. The van der Waals surface area contributed by atoms with Gasteiger partial charge in [0.2, 0.25) is 0 Å². The fourth-order valence-electron chi connectivity index (χ4n) is 2.61. The molecule has 1 aromatic heterocycles. The van der Waals surface area contributed by atoms with Gasteiger partial charge in [0.25, 0.3) is 0 Å². The summed E-state index contributed by atoms with van der Waals surface area (Å²) >= 11 is -1.90. The average molecular weight is 365 g/mol. The van der Waals surface area contributed by atoms with E-state index in [4.69, 9.17) is 4.11 Å². The first-order valence-electron chi connectivity index (χ1n) is 9.33. The van der Waals surface area contributed by atoms with E-state index in [2.05, 4.69) is 34.4 Å². The Hall–Kier alpha value is -1.87. The zero-order valence-corrected chi connectivity index (χ0v) is 15.9. The molecule has 0 unspecified atom stereocenters. The second-order valence-corrected chi connectivity index (χ2v) is 17.5. The van der Waals surface area contributed by atoms with Gasteiger partial charge in [-0.25, -0.2) is 0 Å². The Kier molecular flexibility index (Phi) is 3.45. The Bertz CT molecular complexity index is 895. The van der Waals surface area contributed by atoms with Gasteiger partial charge < -0.3 is 0 Å². The third-order valence-corrected chi connectivity index (χ3v) is 8.37. The minimum absolute atomic E-state index is 0.294. The number of hydrogen-bond acceptors (Lipinski definition) is 1. The van der Waals surface area contributed by atoms with Crippen LogP contribution in [-0.4, -0.2) is 18.3 Å². The van der Waals surface area contributed by atoms with Crippen LogP contribution in [-0.2, 0) is 0 Å². The number of nitrogens with zero attached hydrogens (tertiary/aromatic N) is 1. The monoisotopic (exact) mass is 366 g/mol. The topological polar surface area (TPSA) is 12.9 Å². The predicted octanol–water partition coefficient (Wildman–Crippen LogP) is 5.27. The van der Waals surface area contributed by atoms with E-state index in [1.807, 2.05) is 48.5 Å². The number of pyridine rings is 1. The van der Waals surface area contributed by atoms with E-state index >= 15 is 0 Å².